The van der Waals surface area contributed by atoms with Gasteiger partial charge in [0.05, 0.1) is 18.8 Å². The van der Waals surface area contributed by atoms with Gasteiger partial charge in [0.15, 0.2) is 6.29 Å². The van der Waals surface area contributed by atoms with Crippen LogP contribution in [0.4, 0.5) is 0 Å². The third-order valence-corrected chi connectivity index (χ3v) is 3.39. The fraction of sp³-hybridized carbons (Fsp3) is 1.00. The standard InChI is InChI=1S/C12H24O4/c1-9(13-2)16-8-10-5-6-11(14-3)7-12(10)15-4/h9-12H,5-8H2,1-4H3. The first-order chi connectivity index (χ1) is 7.71. The van der Waals surface area contributed by atoms with Crippen molar-refractivity contribution >= 4 is 0 Å². The lowest BCUT2D eigenvalue weighted by molar-refractivity contribution is -0.141. The van der Waals surface area contributed by atoms with Gasteiger partial charge in [-0.15, -0.1) is 0 Å². The second-order valence-corrected chi connectivity index (χ2v) is 4.34. The van der Waals surface area contributed by atoms with Crippen molar-refractivity contribution in [2.24, 2.45) is 5.92 Å². The minimum Gasteiger partial charge on any atom is -0.381 e. The van der Waals surface area contributed by atoms with Gasteiger partial charge in [-0.3, -0.25) is 0 Å². The van der Waals surface area contributed by atoms with Crippen LogP contribution in [0.25, 0.3) is 0 Å². The second kappa shape index (κ2) is 7.22. The van der Waals surface area contributed by atoms with Gasteiger partial charge < -0.3 is 18.9 Å². The van der Waals surface area contributed by atoms with E-state index in [9.17, 15) is 0 Å². The van der Waals surface area contributed by atoms with Crippen LogP contribution >= 0.6 is 0 Å². The molecule has 4 heteroatoms. The van der Waals surface area contributed by atoms with Gasteiger partial charge in [-0.1, -0.05) is 0 Å². The van der Waals surface area contributed by atoms with E-state index in [1.54, 1.807) is 21.3 Å². The van der Waals surface area contributed by atoms with E-state index in [2.05, 4.69) is 0 Å². The monoisotopic (exact) mass is 232 g/mol. The first-order valence-corrected chi connectivity index (χ1v) is 5.91. The molecule has 0 bridgehead atoms. The van der Waals surface area contributed by atoms with E-state index in [-0.39, 0.29) is 12.4 Å². The molecule has 1 saturated carbocycles. The molecule has 1 aliphatic rings. The molecule has 0 heterocycles. The minimum absolute atomic E-state index is 0.141. The van der Waals surface area contributed by atoms with Crippen molar-refractivity contribution in [3.05, 3.63) is 0 Å². The molecule has 0 spiro atoms. The van der Waals surface area contributed by atoms with Crippen LogP contribution in [-0.4, -0.2) is 46.4 Å². The number of hydrogen-bond acceptors (Lipinski definition) is 4. The first kappa shape index (κ1) is 13.9. The van der Waals surface area contributed by atoms with Crippen LogP contribution in [0.5, 0.6) is 0 Å². The van der Waals surface area contributed by atoms with Crippen LogP contribution in [0.2, 0.25) is 0 Å². The maximum Gasteiger partial charge on any atom is 0.154 e. The summed E-state index contributed by atoms with van der Waals surface area (Å²) in [5.41, 5.74) is 0. The van der Waals surface area contributed by atoms with Gasteiger partial charge in [-0.05, 0) is 19.8 Å². The second-order valence-electron chi connectivity index (χ2n) is 4.34. The summed E-state index contributed by atoms with van der Waals surface area (Å²) in [6, 6.07) is 0. The lowest BCUT2D eigenvalue weighted by Crippen LogP contribution is -2.37. The molecule has 0 aromatic rings. The van der Waals surface area contributed by atoms with Crippen molar-refractivity contribution < 1.29 is 18.9 Å². The molecule has 4 unspecified atom stereocenters. The topological polar surface area (TPSA) is 36.9 Å². The van der Waals surface area contributed by atoms with E-state index in [1.807, 2.05) is 6.92 Å². The van der Waals surface area contributed by atoms with E-state index in [0.29, 0.717) is 18.6 Å². The van der Waals surface area contributed by atoms with Gasteiger partial charge in [-0.25, -0.2) is 0 Å². The summed E-state index contributed by atoms with van der Waals surface area (Å²) in [4.78, 5) is 0. The van der Waals surface area contributed by atoms with E-state index in [1.165, 1.54) is 0 Å². The maximum atomic E-state index is 5.59. The summed E-state index contributed by atoms with van der Waals surface area (Å²) in [5, 5.41) is 0. The molecule has 0 saturated heterocycles. The molecule has 0 amide bonds. The molecule has 0 aliphatic heterocycles. The van der Waals surface area contributed by atoms with Crippen LogP contribution in [0.1, 0.15) is 26.2 Å². The molecule has 0 radical (unpaired) electrons. The Bertz CT molecular complexity index is 186. The molecule has 1 aliphatic carbocycles. The zero-order chi connectivity index (χ0) is 12.0. The van der Waals surface area contributed by atoms with E-state index >= 15 is 0 Å². The fourth-order valence-corrected chi connectivity index (χ4v) is 2.18. The van der Waals surface area contributed by atoms with Gasteiger partial charge in [0.25, 0.3) is 0 Å². The Morgan fingerprint density at radius 3 is 2.44 bits per heavy atom. The van der Waals surface area contributed by atoms with Gasteiger partial charge in [0.2, 0.25) is 0 Å². The molecule has 96 valence electrons. The summed E-state index contributed by atoms with van der Waals surface area (Å²) in [7, 11) is 5.18. The number of rotatable bonds is 6. The highest BCUT2D eigenvalue weighted by Gasteiger charge is 2.30. The Labute approximate surface area is 98.2 Å². The predicted molar refractivity (Wildman–Crippen MR) is 61.4 cm³/mol. The van der Waals surface area contributed by atoms with Crippen molar-refractivity contribution in [2.75, 3.05) is 27.9 Å². The van der Waals surface area contributed by atoms with Crippen LogP contribution in [0.3, 0.4) is 0 Å². The third-order valence-electron chi connectivity index (χ3n) is 3.39. The van der Waals surface area contributed by atoms with Crippen LogP contribution in [0, 0.1) is 5.92 Å². The molecule has 4 nitrogen and oxygen atoms in total. The highest BCUT2D eigenvalue weighted by atomic mass is 16.7. The van der Waals surface area contributed by atoms with Gasteiger partial charge in [0.1, 0.15) is 0 Å². The number of ether oxygens (including phenoxy) is 4. The molecule has 4 atom stereocenters. The summed E-state index contributed by atoms with van der Waals surface area (Å²) in [5.74, 6) is 0.453. The summed E-state index contributed by atoms with van der Waals surface area (Å²) < 4.78 is 21.5. The highest BCUT2D eigenvalue weighted by Crippen LogP contribution is 2.28. The third kappa shape index (κ3) is 4.01. The molecular weight excluding hydrogens is 208 g/mol. The van der Waals surface area contributed by atoms with Crippen LogP contribution in [0.15, 0.2) is 0 Å². The Kier molecular flexibility index (Phi) is 6.28. The molecular formula is C12H24O4. The average Bonchev–Trinajstić information content (AvgIpc) is 2.35. The largest absolute Gasteiger partial charge is 0.381 e. The first-order valence-electron chi connectivity index (χ1n) is 5.91. The Morgan fingerprint density at radius 2 is 1.88 bits per heavy atom. The van der Waals surface area contributed by atoms with Gasteiger partial charge in [0, 0.05) is 33.7 Å². The van der Waals surface area contributed by atoms with Crippen LogP contribution in [-0.2, 0) is 18.9 Å². The Balaban J connectivity index is 2.35. The summed E-state index contributed by atoms with van der Waals surface area (Å²) in [6.45, 7) is 2.60. The summed E-state index contributed by atoms with van der Waals surface area (Å²) >= 11 is 0. The van der Waals surface area contributed by atoms with Gasteiger partial charge >= 0.3 is 0 Å². The molecule has 0 aromatic carbocycles. The van der Waals surface area contributed by atoms with Crippen molar-refractivity contribution in [2.45, 2.75) is 44.7 Å². The molecule has 0 aromatic heterocycles. The lowest BCUT2D eigenvalue weighted by atomic mass is 9.85. The van der Waals surface area contributed by atoms with Gasteiger partial charge in [-0.2, -0.15) is 0 Å². The molecule has 1 rings (SSSR count). The summed E-state index contributed by atoms with van der Waals surface area (Å²) in [6.07, 6.45) is 3.57. The number of methoxy groups -OCH3 is 3. The smallest absolute Gasteiger partial charge is 0.154 e. The van der Waals surface area contributed by atoms with E-state index in [0.717, 1.165) is 19.3 Å². The van der Waals surface area contributed by atoms with E-state index < -0.39 is 0 Å². The van der Waals surface area contributed by atoms with Crippen molar-refractivity contribution in [1.29, 1.82) is 0 Å². The number of hydrogen-bond donors (Lipinski definition) is 0. The normalized spacial score (nSPS) is 32.6. The zero-order valence-electron chi connectivity index (χ0n) is 10.8. The zero-order valence-corrected chi connectivity index (χ0v) is 10.8. The molecule has 1 fully saturated rings. The van der Waals surface area contributed by atoms with Crippen molar-refractivity contribution in [3.63, 3.8) is 0 Å². The fourth-order valence-electron chi connectivity index (χ4n) is 2.18. The SMILES string of the molecule is COC1CCC(COC(C)OC)C(OC)C1. The van der Waals surface area contributed by atoms with Crippen molar-refractivity contribution in [1.82, 2.24) is 0 Å². The minimum atomic E-state index is -0.141. The molecule has 16 heavy (non-hydrogen) atoms. The highest BCUT2D eigenvalue weighted by molar-refractivity contribution is 4.81. The maximum absolute atomic E-state index is 5.59. The predicted octanol–water partition coefficient (Wildman–Crippen LogP) is 1.83. The van der Waals surface area contributed by atoms with Crippen LogP contribution < -0.4 is 0 Å². The Morgan fingerprint density at radius 1 is 1.12 bits per heavy atom. The van der Waals surface area contributed by atoms with Crippen molar-refractivity contribution in [3.8, 4) is 0 Å². The Hall–Kier alpha value is -0.160. The quantitative estimate of drug-likeness (QED) is 0.655. The van der Waals surface area contributed by atoms with E-state index in [4.69, 9.17) is 18.9 Å². The molecule has 0 N–H and O–H groups in total. The average molecular weight is 232 g/mol. The lowest BCUT2D eigenvalue weighted by Gasteiger charge is -2.34.